The molecule has 2 N–H and O–H groups in total. The van der Waals surface area contributed by atoms with Crippen molar-refractivity contribution in [3.8, 4) is 0 Å². The maximum absolute atomic E-state index is 5.95. The lowest BCUT2D eigenvalue weighted by molar-refractivity contribution is 0.865. The molecule has 0 heterocycles. The number of hydrogen-bond donors (Lipinski definition) is 1. The maximum atomic E-state index is 5.95. The van der Waals surface area contributed by atoms with Crippen molar-refractivity contribution in [2.75, 3.05) is 12.8 Å². The minimum Gasteiger partial charge on any atom is -0.398 e. The van der Waals surface area contributed by atoms with Gasteiger partial charge in [-0.2, -0.15) is 0 Å². The maximum Gasteiger partial charge on any atom is 0.0433 e. The van der Waals surface area contributed by atoms with Crippen molar-refractivity contribution in [2.24, 2.45) is 4.99 Å². The monoisotopic (exact) mass is 190 g/mol. The lowest BCUT2D eigenvalue weighted by atomic mass is 9.97. The highest BCUT2D eigenvalue weighted by Crippen LogP contribution is 2.23. The van der Waals surface area contributed by atoms with E-state index in [2.05, 4.69) is 31.0 Å². The average molecular weight is 190 g/mol. The molecule has 0 atom stereocenters. The number of aryl methyl sites for hydroxylation is 1. The molecule has 0 saturated heterocycles. The molecule has 1 aromatic rings. The van der Waals surface area contributed by atoms with Crippen LogP contribution in [0.1, 0.15) is 36.5 Å². The van der Waals surface area contributed by atoms with Crippen molar-refractivity contribution >= 4 is 11.9 Å². The molecule has 0 amide bonds. The Hall–Kier alpha value is -1.31. The summed E-state index contributed by atoms with van der Waals surface area (Å²) in [5.74, 6) is 0.526. The largest absolute Gasteiger partial charge is 0.398 e. The zero-order valence-electron chi connectivity index (χ0n) is 9.33. The molecule has 14 heavy (non-hydrogen) atoms. The Morgan fingerprint density at radius 3 is 2.50 bits per heavy atom. The summed E-state index contributed by atoms with van der Waals surface area (Å²) in [7, 11) is 1.76. The molecule has 1 rings (SSSR count). The van der Waals surface area contributed by atoms with Crippen molar-refractivity contribution in [3.63, 3.8) is 0 Å². The Morgan fingerprint density at radius 2 is 2.00 bits per heavy atom. The minimum atomic E-state index is 0.526. The zero-order chi connectivity index (χ0) is 10.7. The molecule has 0 radical (unpaired) electrons. The van der Waals surface area contributed by atoms with E-state index in [9.17, 15) is 0 Å². The van der Waals surface area contributed by atoms with Gasteiger partial charge in [0.05, 0.1) is 0 Å². The van der Waals surface area contributed by atoms with E-state index >= 15 is 0 Å². The molecule has 0 aliphatic heterocycles. The van der Waals surface area contributed by atoms with E-state index in [0.717, 1.165) is 16.8 Å². The van der Waals surface area contributed by atoms with Gasteiger partial charge < -0.3 is 5.73 Å². The first kappa shape index (κ1) is 10.8. The molecule has 0 fully saturated rings. The second-order valence-electron chi connectivity index (χ2n) is 3.88. The Labute approximate surface area is 85.9 Å². The standard InChI is InChI=1S/C12H18N2/c1-8(2)10-5-9(3)12(13)11(6-10)7-14-4/h5-8H,13H2,1-4H3. The molecule has 2 nitrogen and oxygen atoms in total. The fraction of sp³-hybridized carbons (Fsp3) is 0.417. The number of rotatable bonds is 2. The van der Waals surface area contributed by atoms with Crippen molar-refractivity contribution in [3.05, 3.63) is 28.8 Å². The van der Waals surface area contributed by atoms with Crippen LogP contribution in [0.25, 0.3) is 0 Å². The van der Waals surface area contributed by atoms with Gasteiger partial charge in [-0.05, 0) is 30.0 Å². The minimum absolute atomic E-state index is 0.526. The van der Waals surface area contributed by atoms with Crippen LogP contribution in [-0.4, -0.2) is 13.3 Å². The molecule has 76 valence electrons. The van der Waals surface area contributed by atoms with Gasteiger partial charge in [-0.1, -0.05) is 19.9 Å². The van der Waals surface area contributed by atoms with E-state index in [0.29, 0.717) is 5.92 Å². The van der Waals surface area contributed by atoms with Crippen LogP contribution in [0.3, 0.4) is 0 Å². The fourth-order valence-electron chi connectivity index (χ4n) is 1.43. The molecular formula is C12H18N2. The first-order valence-corrected chi connectivity index (χ1v) is 4.88. The highest BCUT2D eigenvalue weighted by molar-refractivity contribution is 5.88. The summed E-state index contributed by atoms with van der Waals surface area (Å²) in [5, 5.41) is 0. The van der Waals surface area contributed by atoms with Crippen LogP contribution in [0.4, 0.5) is 5.69 Å². The van der Waals surface area contributed by atoms with Gasteiger partial charge in [-0.15, -0.1) is 0 Å². The summed E-state index contributed by atoms with van der Waals surface area (Å²) in [6.45, 7) is 6.39. The number of nitrogens with two attached hydrogens (primary N) is 1. The Morgan fingerprint density at radius 1 is 1.36 bits per heavy atom. The summed E-state index contributed by atoms with van der Waals surface area (Å²) >= 11 is 0. The Balaban J connectivity index is 3.28. The fourth-order valence-corrected chi connectivity index (χ4v) is 1.43. The van der Waals surface area contributed by atoms with Crippen LogP contribution < -0.4 is 5.73 Å². The van der Waals surface area contributed by atoms with Crippen LogP contribution in [0.2, 0.25) is 0 Å². The summed E-state index contributed by atoms with van der Waals surface area (Å²) in [6.07, 6.45) is 1.81. The van der Waals surface area contributed by atoms with E-state index < -0.39 is 0 Å². The first-order chi connectivity index (χ1) is 6.56. The number of nitrogens with zero attached hydrogens (tertiary/aromatic N) is 1. The highest BCUT2D eigenvalue weighted by Gasteiger charge is 2.05. The normalized spacial score (nSPS) is 11.5. The Kier molecular flexibility index (Phi) is 3.28. The van der Waals surface area contributed by atoms with Gasteiger partial charge in [0, 0.05) is 24.5 Å². The molecule has 0 spiro atoms. The predicted octanol–water partition coefficient (Wildman–Crippen LogP) is 2.75. The molecule has 0 unspecified atom stereocenters. The Bertz CT molecular complexity index is 352. The number of hydrogen-bond acceptors (Lipinski definition) is 2. The van der Waals surface area contributed by atoms with Crippen molar-refractivity contribution in [1.82, 2.24) is 0 Å². The molecule has 0 saturated carbocycles. The number of aliphatic imine (C=N–C) groups is 1. The van der Waals surface area contributed by atoms with E-state index in [4.69, 9.17) is 5.73 Å². The lowest BCUT2D eigenvalue weighted by Gasteiger charge is -2.11. The van der Waals surface area contributed by atoms with Crippen LogP contribution in [0.5, 0.6) is 0 Å². The second kappa shape index (κ2) is 4.27. The van der Waals surface area contributed by atoms with E-state index in [1.807, 2.05) is 13.1 Å². The molecule has 0 aliphatic carbocycles. The van der Waals surface area contributed by atoms with Gasteiger partial charge in [-0.25, -0.2) is 0 Å². The van der Waals surface area contributed by atoms with Crippen LogP contribution >= 0.6 is 0 Å². The molecule has 1 aromatic carbocycles. The topological polar surface area (TPSA) is 38.4 Å². The van der Waals surface area contributed by atoms with E-state index in [1.54, 1.807) is 7.05 Å². The van der Waals surface area contributed by atoms with Gasteiger partial charge in [0.1, 0.15) is 0 Å². The number of nitrogen functional groups attached to an aromatic ring is 1. The molecule has 0 bridgehead atoms. The van der Waals surface area contributed by atoms with Gasteiger partial charge >= 0.3 is 0 Å². The van der Waals surface area contributed by atoms with Gasteiger partial charge in [0.25, 0.3) is 0 Å². The molecular weight excluding hydrogens is 172 g/mol. The smallest absolute Gasteiger partial charge is 0.0433 e. The average Bonchev–Trinajstić information content (AvgIpc) is 2.12. The zero-order valence-corrected chi connectivity index (χ0v) is 9.33. The van der Waals surface area contributed by atoms with Crippen molar-refractivity contribution < 1.29 is 0 Å². The molecule has 0 aliphatic rings. The quantitative estimate of drug-likeness (QED) is 0.565. The van der Waals surface area contributed by atoms with Gasteiger partial charge in [0.15, 0.2) is 0 Å². The highest BCUT2D eigenvalue weighted by atomic mass is 14.7. The van der Waals surface area contributed by atoms with Crippen molar-refractivity contribution in [2.45, 2.75) is 26.7 Å². The van der Waals surface area contributed by atoms with E-state index in [-0.39, 0.29) is 0 Å². The first-order valence-electron chi connectivity index (χ1n) is 4.88. The van der Waals surface area contributed by atoms with Gasteiger partial charge in [-0.3, -0.25) is 4.99 Å². The van der Waals surface area contributed by atoms with Crippen LogP contribution in [-0.2, 0) is 0 Å². The predicted molar refractivity (Wildman–Crippen MR) is 63.2 cm³/mol. The summed E-state index contributed by atoms with van der Waals surface area (Å²) in [6, 6.07) is 4.26. The van der Waals surface area contributed by atoms with Crippen molar-refractivity contribution in [1.29, 1.82) is 0 Å². The van der Waals surface area contributed by atoms with E-state index in [1.165, 1.54) is 5.56 Å². The summed E-state index contributed by atoms with van der Waals surface area (Å²) in [4.78, 5) is 4.00. The SMILES string of the molecule is CN=Cc1cc(C(C)C)cc(C)c1N. The third kappa shape index (κ3) is 2.13. The third-order valence-corrected chi connectivity index (χ3v) is 2.38. The van der Waals surface area contributed by atoms with Crippen LogP contribution in [0.15, 0.2) is 17.1 Å². The molecule has 0 aromatic heterocycles. The molecule has 2 heteroatoms. The van der Waals surface area contributed by atoms with Crippen LogP contribution in [0, 0.1) is 6.92 Å². The number of anilines is 1. The summed E-state index contributed by atoms with van der Waals surface area (Å²) in [5.41, 5.74) is 10.2. The lowest BCUT2D eigenvalue weighted by Crippen LogP contribution is -2.00. The number of benzene rings is 1. The third-order valence-electron chi connectivity index (χ3n) is 2.38. The summed E-state index contributed by atoms with van der Waals surface area (Å²) < 4.78 is 0. The second-order valence-corrected chi connectivity index (χ2v) is 3.88. The van der Waals surface area contributed by atoms with Gasteiger partial charge in [0.2, 0.25) is 0 Å².